The Labute approximate surface area is 93.5 Å². The van der Waals surface area contributed by atoms with Gasteiger partial charge in [-0.05, 0) is 0 Å². The van der Waals surface area contributed by atoms with Crippen molar-refractivity contribution in [1.29, 1.82) is 0 Å². The van der Waals surface area contributed by atoms with Crippen molar-refractivity contribution in [2.24, 2.45) is 0 Å². The van der Waals surface area contributed by atoms with Crippen LogP contribution in [-0.2, 0) is 19.5 Å². The van der Waals surface area contributed by atoms with Gasteiger partial charge in [0.15, 0.2) is 0 Å². The minimum absolute atomic E-state index is 0. The van der Waals surface area contributed by atoms with Crippen LogP contribution in [0.3, 0.4) is 0 Å². The SMILES string of the molecule is [Cl-].[Cl-].[Cl-].[NH2-].[NH2-].[NH2-].[NH2-].[NH2-].[NH2-].[Rh+3]. The molecule has 0 radical (unpaired) electrons. The molecule has 0 rings (SSSR count). The van der Waals surface area contributed by atoms with E-state index in [2.05, 4.69) is 0 Å². The van der Waals surface area contributed by atoms with Crippen LogP contribution >= 0.6 is 0 Å². The van der Waals surface area contributed by atoms with E-state index in [9.17, 15) is 0 Å². The second-order valence-electron chi connectivity index (χ2n) is 0. The molecular weight excluding hydrogens is 293 g/mol. The molecule has 0 atom stereocenters. The van der Waals surface area contributed by atoms with Crippen LogP contribution in [0.5, 0.6) is 0 Å². The molecular formula is H12Cl3N6Rh-6. The van der Waals surface area contributed by atoms with E-state index in [1.165, 1.54) is 0 Å². The van der Waals surface area contributed by atoms with E-state index in [-0.39, 0.29) is 93.6 Å². The van der Waals surface area contributed by atoms with E-state index < -0.39 is 0 Å². The van der Waals surface area contributed by atoms with Gasteiger partial charge in [-0.25, -0.2) is 0 Å². The molecule has 0 aliphatic heterocycles. The Morgan fingerprint density at radius 3 is 0.300 bits per heavy atom. The van der Waals surface area contributed by atoms with E-state index in [1.807, 2.05) is 0 Å². The Balaban J connectivity index is 0. The second-order valence-corrected chi connectivity index (χ2v) is 0. The largest absolute Gasteiger partial charge is 3.00 e. The van der Waals surface area contributed by atoms with Crippen LogP contribution in [0.25, 0.3) is 36.9 Å². The minimum atomic E-state index is 0. The van der Waals surface area contributed by atoms with Gasteiger partial charge in [0.05, 0.1) is 0 Å². The summed E-state index contributed by atoms with van der Waals surface area (Å²) in [7, 11) is 0. The molecule has 0 saturated heterocycles. The summed E-state index contributed by atoms with van der Waals surface area (Å²) >= 11 is 0. The summed E-state index contributed by atoms with van der Waals surface area (Å²) in [5, 5.41) is 0. The molecule has 0 bridgehead atoms. The molecule has 0 fully saturated rings. The predicted molar refractivity (Wildman–Crippen MR) is 31.7 cm³/mol. The summed E-state index contributed by atoms with van der Waals surface area (Å²) in [5.74, 6) is 0. The van der Waals surface area contributed by atoms with Crippen molar-refractivity contribution in [2.75, 3.05) is 0 Å². The Hall–Kier alpha value is 1.25. The quantitative estimate of drug-likeness (QED) is 0.387. The molecule has 0 unspecified atom stereocenters. The third-order valence-corrected chi connectivity index (χ3v) is 0. The van der Waals surface area contributed by atoms with E-state index in [4.69, 9.17) is 0 Å². The average molecular weight is 305 g/mol. The zero-order valence-corrected chi connectivity index (χ0v) is 8.84. The normalized spacial score (nSPS) is 0. The molecule has 0 aromatic carbocycles. The van der Waals surface area contributed by atoms with Gasteiger partial charge in [-0.2, -0.15) is 0 Å². The maximum atomic E-state index is 0. The molecule has 0 spiro atoms. The average Bonchev–Trinajstić information content (AvgIpc) is 0. The predicted octanol–water partition coefficient (Wildman–Crippen LogP) is -4.69. The number of hydrogen-bond donors (Lipinski definition) is 0. The van der Waals surface area contributed by atoms with E-state index in [0.29, 0.717) is 0 Å². The molecule has 0 saturated carbocycles. The Morgan fingerprint density at radius 1 is 0.300 bits per heavy atom. The van der Waals surface area contributed by atoms with Gasteiger partial charge in [-0.1, -0.05) is 0 Å². The van der Waals surface area contributed by atoms with Gasteiger partial charge < -0.3 is 74.1 Å². The van der Waals surface area contributed by atoms with Crippen molar-refractivity contribution < 1.29 is 56.7 Å². The van der Waals surface area contributed by atoms with Crippen LogP contribution in [0.2, 0.25) is 0 Å². The molecule has 0 aliphatic carbocycles. The van der Waals surface area contributed by atoms with Crippen molar-refractivity contribution in [3.05, 3.63) is 36.9 Å². The molecule has 78 valence electrons. The van der Waals surface area contributed by atoms with Crippen LogP contribution < -0.4 is 37.2 Å². The standard InChI is InChI=1S/3ClH.6H2N.Rh/h3*1H;6*1H2;/q;;;6*-1;+3/p-3. The van der Waals surface area contributed by atoms with Crippen LogP contribution in [-0.4, -0.2) is 0 Å². The molecule has 0 aromatic rings. The molecule has 6 nitrogen and oxygen atoms in total. The Bertz CT molecular complexity index is 13.0. The van der Waals surface area contributed by atoms with E-state index in [1.54, 1.807) is 0 Å². The first kappa shape index (κ1) is 753. The summed E-state index contributed by atoms with van der Waals surface area (Å²) in [4.78, 5) is 0. The fraction of sp³-hybridized carbons (Fsp3) is 0. The summed E-state index contributed by atoms with van der Waals surface area (Å²) in [6.45, 7) is 0. The second kappa shape index (κ2) is 559. The summed E-state index contributed by atoms with van der Waals surface area (Å²) in [5.41, 5.74) is 0. The van der Waals surface area contributed by atoms with Gasteiger partial charge in [-0.15, -0.1) is 0 Å². The van der Waals surface area contributed by atoms with Gasteiger partial charge in [0.25, 0.3) is 0 Å². The topological polar surface area (TPSA) is 201 Å². The van der Waals surface area contributed by atoms with Crippen molar-refractivity contribution in [3.63, 3.8) is 0 Å². The van der Waals surface area contributed by atoms with Crippen molar-refractivity contribution in [3.8, 4) is 0 Å². The summed E-state index contributed by atoms with van der Waals surface area (Å²) < 4.78 is 0. The zero-order valence-electron chi connectivity index (χ0n) is 4.93. The van der Waals surface area contributed by atoms with Gasteiger partial charge >= 0.3 is 19.5 Å². The molecule has 10 heteroatoms. The van der Waals surface area contributed by atoms with Gasteiger partial charge in [0.2, 0.25) is 0 Å². The van der Waals surface area contributed by atoms with Crippen molar-refractivity contribution in [1.82, 2.24) is 0 Å². The molecule has 0 heterocycles. The van der Waals surface area contributed by atoms with Gasteiger partial charge in [0, 0.05) is 0 Å². The van der Waals surface area contributed by atoms with Gasteiger partial charge in [-0.3, -0.25) is 0 Å². The first-order valence-corrected chi connectivity index (χ1v) is 0. The van der Waals surface area contributed by atoms with Crippen LogP contribution in [0, 0.1) is 0 Å². The van der Waals surface area contributed by atoms with Crippen LogP contribution in [0.15, 0.2) is 0 Å². The van der Waals surface area contributed by atoms with E-state index in [0.717, 1.165) is 0 Å². The number of nitrogens with two attached hydrogens (primary N) is 6. The van der Waals surface area contributed by atoms with Crippen LogP contribution in [0.4, 0.5) is 0 Å². The first-order chi connectivity index (χ1) is 0. The molecule has 10 heavy (non-hydrogen) atoms. The Kier molecular flexibility index (Phi) is 42100. The Morgan fingerprint density at radius 2 is 0.300 bits per heavy atom. The molecule has 12 N–H and O–H groups in total. The fourth-order valence-electron chi connectivity index (χ4n) is 0. The van der Waals surface area contributed by atoms with Crippen molar-refractivity contribution in [2.45, 2.75) is 0 Å². The minimum Gasteiger partial charge on any atom is -1.00 e. The third-order valence-electron chi connectivity index (χ3n) is 0. The first-order valence-electron chi connectivity index (χ1n) is 0. The third kappa shape index (κ3) is 401. The molecule has 0 amide bonds. The molecule has 0 aromatic heterocycles. The molecule has 0 aliphatic rings. The fourth-order valence-corrected chi connectivity index (χ4v) is 0. The maximum absolute atomic E-state index is 0. The monoisotopic (exact) mass is 304 g/mol. The summed E-state index contributed by atoms with van der Waals surface area (Å²) in [6, 6.07) is 0. The van der Waals surface area contributed by atoms with Gasteiger partial charge in [0.1, 0.15) is 0 Å². The van der Waals surface area contributed by atoms with E-state index >= 15 is 0 Å². The summed E-state index contributed by atoms with van der Waals surface area (Å²) in [6.07, 6.45) is 0. The smallest absolute Gasteiger partial charge is 1.00 e. The zero-order chi connectivity index (χ0) is 0. The number of hydrogen-bond acceptors (Lipinski definition) is 0. The number of rotatable bonds is 0. The van der Waals surface area contributed by atoms with Crippen LogP contribution in [0.1, 0.15) is 0 Å². The maximum Gasteiger partial charge on any atom is 3.00 e. The van der Waals surface area contributed by atoms with Crippen molar-refractivity contribution >= 4 is 0 Å². The number of halogens is 3.